The summed E-state index contributed by atoms with van der Waals surface area (Å²) in [5, 5.41) is 11.3. The minimum Gasteiger partial charge on any atom is -0.507 e. The van der Waals surface area contributed by atoms with E-state index < -0.39 is 17.7 Å². The maximum absolute atomic E-state index is 13.3. The van der Waals surface area contributed by atoms with Crippen LogP contribution in [-0.4, -0.2) is 79.2 Å². The van der Waals surface area contributed by atoms with E-state index in [4.69, 9.17) is 14.2 Å². The van der Waals surface area contributed by atoms with Gasteiger partial charge in [0, 0.05) is 31.7 Å². The molecule has 0 bridgehead atoms. The number of rotatable bonds is 11. The highest BCUT2D eigenvalue weighted by Gasteiger charge is 2.46. The summed E-state index contributed by atoms with van der Waals surface area (Å²) in [4.78, 5) is 30.2. The van der Waals surface area contributed by atoms with E-state index in [-0.39, 0.29) is 11.3 Å². The van der Waals surface area contributed by atoms with E-state index in [0.29, 0.717) is 62.1 Å². The van der Waals surface area contributed by atoms with Crippen LogP contribution in [0.3, 0.4) is 0 Å². The molecule has 1 amide bonds. The maximum Gasteiger partial charge on any atom is 0.295 e. The molecule has 8 nitrogen and oxygen atoms in total. The Morgan fingerprint density at radius 1 is 0.919 bits per heavy atom. The van der Waals surface area contributed by atoms with Gasteiger partial charge in [0.25, 0.3) is 11.7 Å². The highest BCUT2D eigenvalue weighted by Crippen LogP contribution is 2.40. The van der Waals surface area contributed by atoms with Gasteiger partial charge in [-0.25, -0.2) is 0 Å². The molecule has 0 radical (unpaired) electrons. The number of likely N-dealkylation sites (tertiary alicyclic amines) is 1. The lowest BCUT2D eigenvalue weighted by molar-refractivity contribution is -0.140. The molecule has 2 heterocycles. The standard InChI is InChI=1S/C29H32N2O6/c1-3-17-36-23-9-5-21(6-10-23)26-25(27(32)22-7-11-24(12-8-22)37-18-4-2)28(33)29(34)31(26)14-13-30-15-19-35-20-16-30/h3-12,26,32H,1-2,13-20H2/t26-/m1/s1. The fourth-order valence-electron chi connectivity index (χ4n) is 4.45. The van der Waals surface area contributed by atoms with Crippen molar-refractivity contribution in [3.05, 3.63) is 90.5 Å². The van der Waals surface area contributed by atoms with Gasteiger partial charge < -0.3 is 24.2 Å². The van der Waals surface area contributed by atoms with Crippen LogP contribution < -0.4 is 9.47 Å². The average Bonchev–Trinajstić information content (AvgIpc) is 3.19. The number of hydrogen-bond donors (Lipinski definition) is 1. The number of benzene rings is 2. The van der Waals surface area contributed by atoms with Crippen molar-refractivity contribution in [2.75, 3.05) is 52.6 Å². The Labute approximate surface area is 217 Å². The fourth-order valence-corrected chi connectivity index (χ4v) is 4.45. The molecular weight excluding hydrogens is 472 g/mol. The third-order valence-corrected chi connectivity index (χ3v) is 6.36. The molecule has 0 aromatic heterocycles. The molecule has 4 rings (SSSR count). The number of aliphatic hydroxyl groups excluding tert-OH is 1. The van der Waals surface area contributed by atoms with Gasteiger partial charge in [0.05, 0.1) is 24.8 Å². The minimum atomic E-state index is -0.730. The Kier molecular flexibility index (Phi) is 8.77. The quantitative estimate of drug-likeness (QED) is 0.217. The van der Waals surface area contributed by atoms with E-state index in [1.54, 1.807) is 53.5 Å². The number of ether oxygens (including phenoxy) is 3. The topological polar surface area (TPSA) is 88.5 Å². The van der Waals surface area contributed by atoms with Crippen molar-refractivity contribution < 1.29 is 28.9 Å². The van der Waals surface area contributed by atoms with E-state index in [1.165, 1.54) is 0 Å². The van der Waals surface area contributed by atoms with E-state index in [9.17, 15) is 14.7 Å². The predicted octanol–water partition coefficient (Wildman–Crippen LogP) is 3.57. The molecule has 0 spiro atoms. The first-order chi connectivity index (χ1) is 18.0. The molecule has 0 aliphatic carbocycles. The van der Waals surface area contributed by atoms with Crippen molar-refractivity contribution in [1.82, 2.24) is 9.80 Å². The van der Waals surface area contributed by atoms with Crippen molar-refractivity contribution in [3.63, 3.8) is 0 Å². The van der Waals surface area contributed by atoms with E-state index in [1.807, 2.05) is 12.1 Å². The molecule has 8 heteroatoms. The van der Waals surface area contributed by atoms with Gasteiger partial charge in [-0.15, -0.1) is 0 Å². The van der Waals surface area contributed by atoms with Crippen LogP contribution in [0.1, 0.15) is 17.2 Å². The molecule has 37 heavy (non-hydrogen) atoms. The first kappa shape index (κ1) is 26.2. The van der Waals surface area contributed by atoms with Crippen molar-refractivity contribution in [2.45, 2.75) is 6.04 Å². The number of carbonyl (C=O) groups excluding carboxylic acids is 2. The van der Waals surface area contributed by atoms with E-state index >= 15 is 0 Å². The van der Waals surface area contributed by atoms with Crippen molar-refractivity contribution in [2.24, 2.45) is 0 Å². The molecule has 0 unspecified atom stereocenters. The van der Waals surface area contributed by atoms with Gasteiger partial charge in [-0.2, -0.15) is 0 Å². The van der Waals surface area contributed by atoms with Crippen LogP contribution in [0.5, 0.6) is 11.5 Å². The van der Waals surface area contributed by atoms with Crippen LogP contribution in [0.15, 0.2) is 79.4 Å². The SMILES string of the molecule is C=CCOc1ccc(C(O)=C2C(=O)C(=O)N(CCN3CCOCC3)[C@@H]2c2ccc(OCC=C)cc2)cc1. The van der Waals surface area contributed by atoms with Gasteiger partial charge in [-0.1, -0.05) is 37.4 Å². The maximum atomic E-state index is 13.3. The Balaban J connectivity index is 1.68. The van der Waals surface area contributed by atoms with Gasteiger partial charge in [0.2, 0.25) is 0 Å². The Bertz CT molecular complexity index is 1150. The average molecular weight is 505 g/mol. The number of amides is 1. The first-order valence-electron chi connectivity index (χ1n) is 12.3. The van der Waals surface area contributed by atoms with Crippen LogP contribution in [0.25, 0.3) is 5.76 Å². The number of hydrogen-bond acceptors (Lipinski definition) is 7. The summed E-state index contributed by atoms with van der Waals surface area (Å²) >= 11 is 0. The highest BCUT2D eigenvalue weighted by atomic mass is 16.5. The number of morpholine rings is 1. The minimum absolute atomic E-state index is 0.0616. The van der Waals surface area contributed by atoms with Gasteiger partial charge in [-0.3, -0.25) is 14.5 Å². The van der Waals surface area contributed by atoms with Gasteiger partial charge >= 0.3 is 0 Å². The van der Waals surface area contributed by atoms with Crippen molar-refractivity contribution in [3.8, 4) is 11.5 Å². The monoisotopic (exact) mass is 504 g/mol. The fraction of sp³-hybridized carbons (Fsp3) is 0.310. The molecule has 2 saturated heterocycles. The van der Waals surface area contributed by atoms with Crippen LogP contribution in [0, 0.1) is 0 Å². The van der Waals surface area contributed by atoms with E-state index in [0.717, 1.165) is 13.1 Å². The number of nitrogens with zero attached hydrogens (tertiary/aromatic N) is 2. The Morgan fingerprint density at radius 3 is 2.05 bits per heavy atom. The van der Waals surface area contributed by atoms with E-state index in [2.05, 4.69) is 18.1 Å². The highest BCUT2D eigenvalue weighted by molar-refractivity contribution is 6.46. The third kappa shape index (κ3) is 6.10. The normalized spacial score (nSPS) is 19.6. The Hall–Kier alpha value is -3.88. The third-order valence-electron chi connectivity index (χ3n) is 6.36. The summed E-state index contributed by atoms with van der Waals surface area (Å²) in [6.45, 7) is 11.8. The number of Topliss-reactive ketones (excluding diaryl/α,β-unsaturated/α-hetero) is 1. The van der Waals surface area contributed by atoms with Crippen molar-refractivity contribution >= 4 is 17.4 Å². The molecule has 1 atom stereocenters. The van der Waals surface area contributed by atoms with Crippen LogP contribution in [0.4, 0.5) is 0 Å². The molecule has 2 aliphatic rings. The molecule has 2 aromatic carbocycles. The number of carbonyl (C=O) groups is 2. The number of aliphatic hydroxyl groups is 1. The molecular formula is C29H32N2O6. The summed E-state index contributed by atoms with van der Waals surface area (Å²) in [6, 6.07) is 13.2. The lowest BCUT2D eigenvalue weighted by Gasteiger charge is -2.31. The molecule has 194 valence electrons. The van der Waals surface area contributed by atoms with Gasteiger partial charge in [0.15, 0.2) is 0 Å². The molecule has 2 fully saturated rings. The second-order valence-corrected chi connectivity index (χ2v) is 8.74. The largest absolute Gasteiger partial charge is 0.507 e. The lowest BCUT2D eigenvalue weighted by atomic mass is 9.95. The van der Waals surface area contributed by atoms with Gasteiger partial charge in [0.1, 0.15) is 30.5 Å². The van der Waals surface area contributed by atoms with Gasteiger partial charge in [-0.05, 0) is 42.0 Å². The van der Waals surface area contributed by atoms with Crippen molar-refractivity contribution in [1.29, 1.82) is 0 Å². The lowest BCUT2D eigenvalue weighted by Crippen LogP contribution is -2.42. The number of ketones is 1. The molecule has 1 N–H and O–H groups in total. The summed E-state index contributed by atoms with van der Waals surface area (Å²) in [6.07, 6.45) is 3.29. The summed E-state index contributed by atoms with van der Waals surface area (Å²) in [7, 11) is 0. The molecule has 0 saturated carbocycles. The molecule has 2 aromatic rings. The van der Waals surface area contributed by atoms with Crippen LogP contribution >= 0.6 is 0 Å². The van der Waals surface area contributed by atoms with Crippen LogP contribution in [0.2, 0.25) is 0 Å². The zero-order valence-electron chi connectivity index (χ0n) is 20.8. The molecule has 2 aliphatic heterocycles. The predicted molar refractivity (Wildman–Crippen MR) is 141 cm³/mol. The summed E-state index contributed by atoms with van der Waals surface area (Å²) in [5.41, 5.74) is 1.19. The zero-order valence-corrected chi connectivity index (χ0v) is 20.8. The Morgan fingerprint density at radius 2 is 1.49 bits per heavy atom. The zero-order chi connectivity index (χ0) is 26.2. The van der Waals surface area contributed by atoms with Crippen LogP contribution in [-0.2, 0) is 14.3 Å². The second-order valence-electron chi connectivity index (χ2n) is 8.74. The summed E-state index contributed by atoms with van der Waals surface area (Å²) in [5.74, 6) is -0.307. The second kappa shape index (κ2) is 12.4. The first-order valence-corrected chi connectivity index (χ1v) is 12.3. The summed E-state index contributed by atoms with van der Waals surface area (Å²) < 4.78 is 16.5. The smallest absolute Gasteiger partial charge is 0.295 e.